The van der Waals surface area contributed by atoms with Crippen LogP contribution in [-0.4, -0.2) is 25.0 Å². The topological polar surface area (TPSA) is 21.3 Å². The fourth-order valence-electron chi connectivity index (χ4n) is 2.22. The number of rotatable bonds is 4. The predicted octanol–water partition coefficient (Wildman–Crippen LogP) is 3.78. The van der Waals surface area contributed by atoms with E-state index in [1.165, 1.54) is 10.6 Å². The Hall–Kier alpha value is -0.670. The van der Waals surface area contributed by atoms with Gasteiger partial charge in [0.1, 0.15) is 0 Å². The SMILES string of the molecule is CCC1CC(Nc2ccc(SC)cc2)CCO1. The second-order valence-electron chi connectivity index (χ2n) is 4.50. The van der Waals surface area contributed by atoms with Crippen molar-refractivity contribution >= 4 is 17.4 Å². The second kappa shape index (κ2) is 6.31. The van der Waals surface area contributed by atoms with Crippen molar-refractivity contribution in [2.75, 3.05) is 18.2 Å². The molecule has 0 aliphatic carbocycles. The Morgan fingerprint density at radius 2 is 2.12 bits per heavy atom. The highest BCUT2D eigenvalue weighted by molar-refractivity contribution is 7.98. The monoisotopic (exact) mass is 251 g/mol. The first-order chi connectivity index (χ1) is 8.31. The molecule has 1 saturated heterocycles. The van der Waals surface area contributed by atoms with Gasteiger partial charge in [0, 0.05) is 23.2 Å². The van der Waals surface area contributed by atoms with Crippen molar-refractivity contribution in [3.63, 3.8) is 0 Å². The largest absolute Gasteiger partial charge is 0.382 e. The van der Waals surface area contributed by atoms with Gasteiger partial charge in [-0.2, -0.15) is 0 Å². The predicted molar refractivity (Wildman–Crippen MR) is 74.9 cm³/mol. The zero-order chi connectivity index (χ0) is 12.1. The van der Waals surface area contributed by atoms with Crippen LogP contribution in [0, 0.1) is 0 Å². The molecule has 2 rings (SSSR count). The molecule has 1 aliphatic rings. The van der Waals surface area contributed by atoms with Crippen molar-refractivity contribution in [3.8, 4) is 0 Å². The van der Waals surface area contributed by atoms with Gasteiger partial charge in [0.25, 0.3) is 0 Å². The summed E-state index contributed by atoms with van der Waals surface area (Å²) in [6.07, 6.45) is 5.89. The van der Waals surface area contributed by atoms with Crippen molar-refractivity contribution in [1.29, 1.82) is 0 Å². The summed E-state index contributed by atoms with van der Waals surface area (Å²) in [5, 5.41) is 3.61. The molecule has 1 aromatic carbocycles. The third-order valence-corrected chi connectivity index (χ3v) is 4.03. The molecule has 0 bridgehead atoms. The molecular formula is C14H21NOS. The van der Waals surface area contributed by atoms with E-state index in [-0.39, 0.29) is 0 Å². The number of anilines is 1. The van der Waals surface area contributed by atoms with E-state index in [0.717, 1.165) is 25.9 Å². The highest BCUT2D eigenvalue weighted by Crippen LogP contribution is 2.22. The van der Waals surface area contributed by atoms with Crippen LogP contribution in [0.5, 0.6) is 0 Å². The molecule has 0 saturated carbocycles. The first-order valence-electron chi connectivity index (χ1n) is 6.34. The molecule has 1 fully saturated rings. The lowest BCUT2D eigenvalue weighted by molar-refractivity contribution is 0.00926. The van der Waals surface area contributed by atoms with Gasteiger partial charge >= 0.3 is 0 Å². The van der Waals surface area contributed by atoms with E-state index in [2.05, 4.69) is 42.8 Å². The lowest BCUT2D eigenvalue weighted by atomic mass is 10.0. The number of hydrogen-bond acceptors (Lipinski definition) is 3. The van der Waals surface area contributed by atoms with Crippen molar-refractivity contribution < 1.29 is 4.74 Å². The first kappa shape index (κ1) is 12.8. The number of nitrogens with one attached hydrogen (secondary N) is 1. The Labute approximate surface area is 108 Å². The standard InChI is InChI=1S/C14H21NOS/c1-3-13-10-12(8-9-16-13)15-11-4-6-14(17-2)7-5-11/h4-7,12-13,15H,3,8-10H2,1-2H3. The van der Waals surface area contributed by atoms with Crippen LogP contribution in [0.25, 0.3) is 0 Å². The number of thioether (sulfide) groups is 1. The molecule has 0 amide bonds. The number of benzene rings is 1. The highest BCUT2D eigenvalue weighted by atomic mass is 32.2. The summed E-state index contributed by atoms with van der Waals surface area (Å²) in [5.74, 6) is 0. The van der Waals surface area contributed by atoms with Gasteiger partial charge in [-0.05, 0) is 49.8 Å². The van der Waals surface area contributed by atoms with Gasteiger partial charge in [-0.25, -0.2) is 0 Å². The fourth-order valence-corrected chi connectivity index (χ4v) is 2.63. The summed E-state index contributed by atoms with van der Waals surface area (Å²) in [6.45, 7) is 3.08. The summed E-state index contributed by atoms with van der Waals surface area (Å²) in [5.41, 5.74) is 1.23. The van der Waals surface area contributed by atoms with Crippen LogP contribution in [0.15, 0.2) is 29.2 Å². The highest BCUT2D eigenvalue weighted by Gasteiger charge is 2.20. The third kappa shape index (κ3) is 3.65. The summed E-state index contributed by atoms with van der Waals surface area (Å²) in [4.78, 5) is 1.31. The van der Waals surface area contributed by atoms with E-state index in [9.17, 15) is 0 Å². The molecule has 2 unspecified atom stereocenters. The van der Waals surface area contributed by atoms with Gasteiger partial charge in [0.2, 0.25) is 0 Å². The lowest BCUT2D eigenvalue weighted by Gasteiger charge is -2.30. The summed E-state index contributed by atoms with van der Waals surface area (Å²) >= 11 is 1.78. The molecule has 17 heavy (non-hydrogen) atoms. The van der Waals surface area contributed by atoms with E-state index in [1.54, 1.807) is 11.8 Å². The van der Waals surface area contributed by atoms with Crippen LogP contribution < -0.4 is 5.32 Å². The Bertz CT molecular complexity index is 339. The molecule has 1 heterocycles. The molecule has 1 N–H and O–H groups in total. The van der Waals surface area contributed by atoms with E-state index in [4.69, 9.17) is 4.74 Å². The van der Waals surface area contributed by atoms with Crippen molar-refractivity contribution in [3.05, 3.63) is 24.3 Å². The summed E-state index contributed by atoms with van der Waals surface area (Å²) in [6, 6.07) is 9.24. The van der Waals surface area contributed by atoms with Crippen molar-refractivity contribution in [1.82, 2.24) is 0 Å². The smallest absolute Gasteiger partial charge is 0.0592 e. The van der Waals surface area contributed by atoms with Gasteiger partial charge in [-0.15, -0.1) is 11.8 Å². The van der Waals surface area contributed by atoms with Gasteiger partial charge in [0.15, 0.2) is 0 Å². The van der Waals surface area contributed by atoms with Gasteiger partial charge in [0.05, 0.1) is 6.10 Å². The minimum absolute atomic E-state index is 0.437. The zero-order valence-electron chi connectivity index (χ0n) is 10.6. The molecule has 0 radical (unpaired) electrons. The maximum atomic E-state index is 5.69. The third-order valence-electron chi connectivity index (χ3n) is 3.28. The maximum absolute atomic E-state index is 5.69. The van der Waals surface area contributed by atoms with Crippen molar-refractivity contribution in [2.24, 2.45) is 0 Å². The van der Waals surface area contributed by atoms with Crippen LogP contribution in [0.3, 0.4) is 0 Å². The molecule has 1 aliphatic heterocycles. The van der Waals surface area contributed by atoms with Crippen LogP contribution in [0.4, 0.5) is 5.69 Å². The van der Waals surface area contributed by atoms with Gasteiger partial charge in [-0.1, -0.05) is 6.92 Å². The number of ether oxygens (including phenoxy) is 1. The van der Waals surface area contributed by atoms with E-state index >= 15 is 0 Å². The molecule has 0 spiro atoms. The second-order valence-corrected chi connectivity index (χ2v) is 5.37. The van der Waals surface area contributed by atoms with Gasteiger partial charge in [-0.3, -0.25) is 0 Å². The molecule has 2 nitrogen and oxygen atoms in total. The Morgan fingerprint density at radius 3 is 2.76 bits per heavy atom. The minimum atomic E-state index is 0.437. The summed E-state index contributed by atoms with van der Waals surface area (Å²) < 4.78 is 5.69. The zero-order valence-corrected chi connectivity index (χ0v) is 11.4. The molecule has 0 aromatic heterocycles. The van der Waals surface area contributed by atoms with Crippen LogP contribution in [-0.2, 0) is 4.74 Å². The lowest BCUT2D eigenvalue weighted by Crippen LogP contribution is -2.33. The average molecular weight is 251 g/mol. The molecule has 94 valence electrons. The molecule has 2 atom stereocenters. The Kier molecular flexibility index (Phi) is 4.75. The maximum Gasteiger partial charge on any atom is 0.0592 e. The Morgan fingerprint density at radius 1 is 1.35 bits per heavy atom. The fraction of sp³-hybridized carbons (Fsp3) is 0.571. The van der Waals surface area contributed by atoms with Crippen molar-refractivity contribution in [2.45, 2.75) is 43.2 Å². The van der Waals surface area contributed by atoms with Crippen LogP contribution in [0.1, 0.15) is 26.2 Å². The minimum Gasteiger partial charge on any atom is -0.382 e. The van der Waals surface area contributed by atoms with Crippen LogP contribution in [0.2, 0.25) is 0 Å². The van der Waals surface area contributed by atoms with E-state index in [0.29, 0.717) is 12.1 Å². The van der Waals surface area contributed by atoms with E-state index in [1.807, 2.05) is 0 Å². The first-order valence-corrected chi connectivity index (χ1v) is 7.56. The normalized spacial score (nSPS) is 24.6. The number of hydrogen-bond donors (Lipinski definition) is 1. The van der Waals surface area contributed by atoms with Crippen LogP contribution >= 0.6 is 11.8 Å². The molecule has 3 heteroatoms. The van der Waals surface area contributed by atoms with E-state index < -0.39 is 0 Å². The average Bonchev–Trinajstić information content (AvgIpc) is 2.40. The van der Waals surface area contributed by atoms with Gasteiger partial charge < -0.3 is 10.1 Å². The quantitative estimate of drug-likeness (QED) is 0.823. The Balaban J connectivity index is 1.90. The molecular weight excluding hydrogens is 230 g/mol. The molecule has 1 aromatic rings. The summed E-state index contributed by atoms with van der Waals surface area (Å²) in [7, 11) is 0.